The van der Waals surface area contributed by atoms with Crippen molar-refractivity contribution in [1.29, 1.82) is 5.26 Å². The fourth-order valence-electron chi connectivity index (χ4n) is 1.54. The van der Waals surface area contributed by atoms with Gasteiger partial charge >= 0.3 is 0 Å². The van der Waals surface area contributed by atoms with Crippen LogP contribution in [-0.2, 0) is 0 Å². The molecule has 0 radical (unpaired) electrons. The zero-order valence-corrected chi connectivity index (χ0v) is 12.1. The van der Waals surface area contributed by atoms with Crippen molar-refractivity contribution in [3.8, 4) is 16.5 Å². The molecule has 5 heteroatoms. The first kappa shape index (κ1) is 12.4. The third-order valence-corrected chi connectivity index (χ3v) is 4.52. The number of rotatable bonds is 1. The Morgan fingerprint density at radius 3 is 2.71 bits per heavy atom. The van der Waals surface area contributed by atoms with E-state index in [4.69, 9.17) is 22.6 Å². The zero-order chi connectivity index (χ0) is 12.6. The van der Waals surface area contributed by atoms with E-state index in [2.05, 4.69) is 22.0 Å². The Morgan fingerprint density at radius 2 is 2.18 bits per heavy atom. The van der Waals surface area contributed by atoms with Crippen molar-refractivity contribution in [3.63, 3.8) is 0 Å². The highest BCUT2D eigenvalue weighted by Crippen LogP contribution is 2.41. The van der Waals surface area contributed by atoms with E-state index in [9.17, 15) is 0 Å². The van der Waals surface area contributed by atoms with Crippen LogP contribution < -0.4 is 5.73 Å². The van der Waals surface area contributed by atoms with Crippen LogP contribution >= 0.6 is 38.9 Å². The summed E-state index contributed by atoms with van der Waals surface area (Å²) in [4.78, 5) is 1.49. The van der Waals surface area contributed by atoms with Gasteiger partial charge in [0.2, 0.25) is 0 Å². The van der Waals surface area contributed by atoms with Crippen LogP contribution in [0.5, 0.6) is 0 Å². The molecule has 17 heavy (non-hydrogen) atoms. The van der Waals surface area contributed by atoms with Crippen LogP contribution in [0.25, 0.3) is 10.4 Å². The lowest BCUT2D eigenvalue weighted by atomic mass is 10.1. The molecular formula is C12H8BrClN2S. The maximum atomic E-state index is 8.96. The van der Waals surface area contributed by atoms with E-state index in [-0.39, 0.29) is 0 Å². The van der Waals surface area contributed by atoms with Gasteiger partial charge in [0.25, 0.3) is 0 Å². The number of nitriles is 1. The largest absolute Gasteiger partial charge is 0.397 e. The van der Waals surface area contributed by atoms with Crippen molar-refractivity contribution in [2.75, 3.05) is 5.73 Å². The molecule has 0 aliphatic heterocycles. The van der Waals surface area contributed by atoms with E-state index in [1.807, 2.05) is 25.1 Å². The molecule has 0 unspecified atom stereocenters. The van der Waals surface area contributed by atoms with Crippen LogP contribution in [0.2, 0.25) is 5.02 Å². The minimum Gasteiger partial charge on any atom is -0.397 e. The number of benzene rings is 1. The summed E-state index contributed by atoms with van der Waals surface area (Å²) in [6.45, 7) is 1.90. The lowest BCUT2D eigenvalue weighted by Crippen LogP contribution is -1.87. The van der Waals surface area contributed by atoms with Gasteiger partial charge in [-0.25, -0.2) is 0 Å². The van der Waals surface area contributed by atoms with Crippen LogP contribution in [0, 0.1) is 18.3 Å². The second kappa shape index (κ2) is 4.69. The Morgan fingerprint density at radius 1 is 1.47 bits per heavy atom. The van der Waals surface area contributed by atoms with Gasteiger partial charge in [0, 0.05) is 14.9 Å². The average molecular weight is 328 g/mol. The second-order valence-electron chi connectivity index (χ2n) is 3.53. The van der Waals surface area contributed by atoms with Gasteiger partial charge in [-0.1, -0.05) is 33.6 Å². The number of thiophene rings is 1. The molecule has 1 aromatic carbocycles. The van der Waals surface area contributed by atoms with E-state index in [1.54, 1.807) is 0 Å². The van der Waals surface area contributed by atoms with Gasteiger partial charge in [-0.2, -0.15) is 5.26 Å². The quantitative estimate of drug-likeness (QED) is 0.832. The molecule has 0 saturated carbocycles. The highest BCUT2D eigenvalue weighted by Gasteiger charge is 2.15. The highest BCUT2D eigenvalue weighted by atomic mass is 79.9. The van der Waals surface area contributed by atoms with E-state index >= 15 is 0 Å². The van der Waals surface area contributed by atoms with Gasteiger partial charge in [0.1, 0.15) is 10.9 Å². The summed E-state index contributed by atoms with van der Waals surface area (Å²) in [5.74, 6) is 0. The molecule has 0 fully saturated rings. The van der Waals surface area contributed by atoms with Crippen LogP contribution in [0.15, 0.2) is 22.7 Å². The van der Waals surface area contributed by atoms with Crippen molar-refractivity contribution < 1.29 is 0 Å². The number of anilines is 1. The van der Waals surface area contributed by atoms with Gasteiger partial charge in [0.05, 0.1) is 10.7 Å². The summed E-state index contributed by atoms with van der Waals surface area (Å²) in [5, 5.41) is 9.60. The van der Waals surface area contributed by atoms with Crippen LogP contribution in [0.1, 0.15) is 10.4 Å². The Kier molecular flexibility index (Phi) is 3.43. The lowest BCUT2D eigenvalue weighted by molar-refractivity contribution is 1.49. The minimum atomic E-state index is 0.538. The van der Waals surface area contributed by atoms with E-state index < -0.39 is 0 Å². The monoisotopic (exact) mass is 326 g/mol. The molecule has 2 N–H and O–H groups in total. The third kappa shape index (κ3) is 2.19. The van der Waals surface area contributed by atoms with Gasteiger partial charge < -0.3 is 5.73 Å². The number of hydrogen-bond acceptors (Lipinski definition) is 3. The molecule has 0 saturated heterocycles. The van der Waals surface area contributed by atoms with Crippen molar-refractivity contribution >= 4 is 44.6 Å². The smallest absolute Gasteiger partial charge is 0.128 e. The fourth-order valence-corrected chi connectivity index (χ4v) is 3.43. The summed E-state index contributed by atoms with van der Waals surface area (Å²) in [5.41, 5.74) is 8.24. The molecule has 2 rings (SSSR count). The van der Waals surface area contributed by atoms with Crippen molar-refractivity contribution in [2.45, 2.75) is 6.92 Å². The SMILES string of the molecule is Cc1c(-c2ccc(Br)cc2Cl)sc(C#N)c1N. The molecule has 0 atom stereocenters. The van der Waals surface area contributed by atoms with E-state index in [0.717, 1.165) is 20.5 Å². The summed E-state index contributed by atoms with van der Waals surface area (Å²) in [6, 6.07) is 7.77. The Labute approximate surface area is 117 Å². The first-order valence-corrected chi connectivity index (χ1v) is 6.77. The van der Waals surface area contributed by atoms with Crippen LogP contribution in [0.4, 0.5) is 5.69 Å². The molecule has 1 heterocycles. The Hall–Kier alpha value is -1.02. The standard InChI is InChI=1S/C12H8BrClN2S/c1-6-11(16)10(5-15)17-12(6)8-3-2-7(13)4-9(8)14/h2-4H,16H2,1H3. The summed E-state index contributed by atoms with van der Waals surface area (Å²) in [6.07, 6.45) is 0. The maximum Gasteiger partial charge on any atom is 0.128 e. The highest BCUT2D eigenvalue weighted by molar-refractivity contribution is 9.10. The van der Waals surface area contributed by atoms with Crippen LogP contribution in [-0.4, -0.2) is 0 Å². The first-order chi connectivity index (χ1) is 8.04. The molecule has 0 aliphatic carbocycles. The summed E-state index contributed by atoms with van der Waals surface area (Å²) in [7, 11) is 0. The predicted molar refractivity (Wildman–Crippen MR) is 76.3 cm³/mol. The Balaban J connectivity index is 2.65. The summed E-state index contributed by atoms with van der Waals surface area (Å²) < 4.78 is 0.925. The van der Waals surface area contributed by atoms with E-state index in [0.29, 0.717) is 15.6 Å². The maximum absolute atomic E-state index is 8.96. The van der Waals surface area contributed by atoms with Crippen molar-refractivity contribution in [3.05, 3.63) is 38.1 Å². The first-order valence-electron chi connectivity index (χ1n) is 4.79. The molecule has 0 spiro atoms. The molecule has 2 aromatic rings. The molecule has 0 bridgehead atoms. The number of halogens is 2. The number of nitrogens with zero attached hydrogens (tertiary/aromatic N) is 1. The lowest BCUT2D eigenvalue weighted by Gasteiger charge is -2.03. The van der Waals surface area contributed by atoms with Gasteiger partial charge in [-0.3, -0.25) is 0 Å². The van der Waals surface area contributed by atoms with Crippen LogP contribution in [0.3, 0.4) is 0 Å². The van der Waals surface area contributed by atoms with Gasteiger partial charge in [0.15, 0.2) is 0 Å². The summed E-state index contributed by atoms with van der Waals surface area (Å²) >= 11 is 10.9. The van der Waals surface area contributed by atoms with Gasteiger partial charge in [-0.15, -0.1) is 11.3 Å². The second-order valence-corrected chi connectivity index (χ2v) is 5.88. The van der Waals surface area contributed by atoms with E-state index in [1.165, 1.54) is 11.3 Å². The molecule has 0 aliphatic rings. The van der Waals surface area contributed by atoms with Crippen molar-refractivity contribution in [1.82, 2.24) is 0 Å². The Bertz CT molecular complexity index is 628. The third-order valence-electron chi connectivity index (χ3n) is 2.47. The number of nitrogen functional groups attached to an aromatic ring is 1. The topological polar surface area (TPSA) is 49.8 Å². The predicted octanol–water partition coefficient (Wildman–Crippen LogP) is 4.59. The number of nitrogens with two attached hydrogens (primary N) is 1. The average Bonchev–Trinajstić information content (AvgIpc) is 2.57. The fraction of sp³-hybridized carbons (Fsp3) is 0.0833. The molecule has 2 nitrogen and oxygen atoms in total. The minimum absolute atomic E-state index is 0.538. The molecule has 0 amide bonds. The van der Waals surface area contributed by atoms with Crippen molar-refractivity contribution in [2.24, 2.45) is 0 Å². The normalized spacial score (nSPS) is 10.2. The van der Waals surface area contributed by atoms with Gasteiger partial charge in [-0.05, 0) is 24.6 Å². The zero-order valence-electron chi connectivity index (χ0n) is 8.92. The molecular weight excluding hydrogens is 320 g/mol. The molecule has 86 valence electrons. The number of hydrogen-bond donors (Lipinski definition) is 1. The molecule has 1 aromatic heterocycles.